The van der Waals surface area contributed by atoms with E-state index in [0.717, 1.165) is 5.06 Å². The highest BCUT2D eigenvalue weighted by Gasteiger charge is 2.31. The fourth-order valence-electron chi connectivity index (χ4n) is 1.43. The molecule has 17 heavy (non-hydrogen) atoms. The molecule has 1 aliphatic heterocycles. The van der Waals surface area contributed by atoms with Gasteiger partial charge in [-0.1, -0.05) is 6.07 Å². The Bertz CT molecular complexity index is 434. The number of hydrogen-bond acceptors (Lipinski definition) is 4. The lowest BCUT2D eigenvalue weighted by atomic mass is 10.3. The van der Waals surface area contributed by atoms with Crippen molar-refractivity contribution in [2.45, 2.75) is 6.36 Å². The summed E-state index contributed by atoms with van der Waals surface area (Å²) in [7, 11) is 0. The number of alkyl halides is 3. The third-order valence-electron chi connectivity index (χ3n) is 2.10. The van der Waals surface area contributed by atoms with Crippen molar-refractivity contribution in [3.63, 3.8) is 0 Å². The van der Waals surface area contributed by atoms with Crippen LogP contribution in [-0.2, 0) is 0 Å². The Morgan fingerprint density at radius 3 is 2.59 bits per heavy atom. The highest BCUT2D eigenvalue weighted by molar-refractivity contribution is 5.53. The third-order valence-corrected chi connectivity index (χ3v) is 2.10. The zero-order valence-electron chi connectivity index (χ0n) is 8.55. The molecule has 0 amide bonds. The summed E-state index contributed by atoms with van der Waals surface area (Å²) < 4.78 is 39.8. The van der Waals surface area contributed by atoms with Crippen molar-refractivity contribution in [3.8, 4) is 5.75 Å². The first-order valence-corrected chi connectivity index (χ1v) is 4.70. The van der Waals surface area contributed by atoms with Crippen molar-refractivity contribution in [3.05, 3.63) is 36.7 Å². The van der Waals surface area contributed by atoms with Crippen LogP contribution in [0.4, 0.5) is 18.9 Å². The van der Waals surface area contributed by atoms with E-state index in [1.807, 2.05) is 0 Å². The lowest BCUT2D eigenvalue weighted by Gasteiger charge is -2.18. The van der Waals surface area contributed by atoms with Gasteiger partial charge in [-0.3, -0.25) is 5.21 Å². The molecular weight excluding hydrogens is 237 g/mol. The number of ether oxygens (including phenoxy) is 1. The Kier molecular flexibility index (Phi) is 2.84. The minimum atomic E-state index is -4.71. The van der Waals surface area contributed by atoms with Crippen LogP contribution in [-0.4, -0.2) is 23.3 Å². The second kappa shape index (κ2) is 4.17. The predicted molar refractivity (Wildman–Crippen MR) is 53.2 cm³/mol. The van der Waals surface area contributed by atoms with Gasteiger partial charge in [0, 0.05) is 24.2 Å². The number of anilines is 1. The molecule has 0 aromatic heterocycles. The van der Waals surface area contributed by atoms with Gasteiger partial charge in [-0.15, -0.1) is 13.2 Å². The van der Waals surface area contributed by atoms with Gasteiger partial charge < -0.3 is 9.64 Å². The summed E-state index contributed by atoms with van der Waals surface area (Å²) in [5.74, 6) is -0.292. The zero-order valence-corrected chi connectivity index (χ0v) is 8.55. The Labute approximate surface area is 95.1 Å². The molecule has 1 aliphatic rings. The molecule has 0 aliphatic carbocycles. The summed E-state index contributed by atoms with van der Waals surface area (Å²) in [6, 6.07) is 5.53. The van der Waals surface area contributed by atoms with Crippen LogP contribution in [0.5, 0.6) is 5.75 Å². The van der Waals surface area contributed by atoms with Crippen LogP contribution in [0.2, 0.25) is 0 Å². The van der Waals surface area contributed by atoms with E-state index < -0.39 is 6.36 Å². The van der Waals surface area contributed by atoms with Gasteiger partial charge in [-0.05, 0) is 12.1 Å². The second-order valence-corrected chi connectivity index (χ2v) is 3.39. The van der Waals surface area contributed by atoms with Crippen molar-refractivity contribution in [1.82, 2.24) is 5.06 Å². The molecule has 0 saturated carbocycles. The highest BCUT2D eigenvalue weighted by Crippen LogP contribution is 2.27. The van der Waals surface area contributed by atoms with Crippen LogP contribution in [0.3, 0.4) is 0 Å². The van der Waals surface area contributed by atoms with E-state index in [4.69, 9.17) is 5.21 Å². The quantitative estimate of drug-likeness (QED) is 0.869. The lowest BCUT2D eigenvalue weighted by Crippen LogP contribution is -2.22. The molecule has 0 saturated heterocycles. The minimum Gasteiger partial charge on any atom is -0.406 e. The van der Waals surface area contributed by atoms with Gasteiger partial charge in [-0.25, -0.2) is 5.06 Å². The summed E-state index contributed by atoms with van der Waals surface area (Å²) in [5.41, 5.74) is 0.500. The van der Waals surface area contributed by atoms with E-state index in [9.17, 15) is 13.2 Å². The van der Waals surface area contributed by atoms with Gasteiger partial charge in [0.05, 0.1) is 0 Å². The van der Waals surface area contributed by atoms with E-state index in [2.05, 4.69) is 4.74 Å². The third kappa shape index (κ3) is 3.04. The summed E-state index contributed by atoms with van der Waals surface area (Å²) in [5, 5.41) is 10.0. The summed E-state index contributed by atoms with van der Waals surface area (Å²) in [6.07, 6.45) is -1.76. The van der Waals surface area contributed by atoms with Gasteiger partial charge in [0.15, 0.2) is 0 Å². The molecule has 2 rings (SSSR count). The molecule has 0 bridgehead atoms. The zero-order chi connectivity index (χ0) is 12.5. The first-order chi connectivity index (χ1) is 7.94. The minimum absolute atomic E-state index is 0.162. The fraction of sp³-hybridized carbons (Fsp3) is 0.200. The predicted octanol–water partition coefficient (Wildman–Crippen LogP) is 2.53. The maximum absolute atomic E-state index is 12.0. The molecule has 0 fully saturated rings. The molecule has 7 heteroatoms. The van der Waals surface area contributed by atoms with Crippen LogP contribution in [0.25, 0.3) is 0 Å². The Morgan fingerprint density at radius 1 is 1.24 bits per heavy atom. The van der Waals surface area contributed by atoms with Crippen molar-refractivity contribution in [2.75, 3.05) is 11.6 Å². The summed E-state index contributed by atoms with van der Waals surface area (Å²) in [6.45, 7) is 0.162. The van der Waals surface area contributed by atoms with Crippen LogP contribution in [0, 0.1) is 0 Å². The monoisotopic (exact) mass is 246 g/mol. The number of hydrogen-bond donors (Lipinski definition) is 1. The maximum Gasteiger partial charge on any atom is 0.573 e. The molecule has 92 valence electrons. The highest BCUT2D eigenvalue weighted by atomic mass is 19.4. The molecule has 1 aromatic carbocycles. The number of hydroxylamine groups is 2. The Morgan fingerprint density at radius 2 is 2.00 bits per heavy atom. The number of halogens is 3. The smallest absolute Gasteiger partial charge is 0.406 e. The van der Waals surface area contributed by atoms with E-state index in [0.29, 0.717) is 5.69 Å². The molecule has 1 N–H and O–H groups in total. The molecule has 1 aromatic rings. The van der Waals surface area contributed by atoms with Gasteiger partial charge in [0.2, 0.25) is 0 Å². The SMILES string of the molecule is ON1C=CN(c2cccc(OC(F)(F)F)c2)C1. The number of nitrogens with zero attached hydrogens (tertiary/aromatic N) is 2. The Balaban J connectivity index is 2.15. The van der Waals surface area contributed by atoms with Gasteiger partial charge in [-0.2, -0.15) is 0 Å². The Hall–Kier alpha value is -1.89. The van der Waals surface area contributed by atoms with Crippen molar-refractivity contribution < 1.29 is 23.1 Å². The largest absolute Gasteiger partial charge is 0.573 e. The van der Waals surface area contributed by atoms with Crippen LogP contribution < -0.4 is 9.64 Å². The van der Waals surface area contributed by atoms with Crippen molar-refractivity contribution in [2.24, 2.45) is 0 Å². The molecule has 0 unspecified atom stereocenters. The summed E-state index contributed by atoms with van der Waals surface area (Å²) in [4.78, 5) is 1.57. The summed E-state index contributed by atoms with van der Waals surface area (Å²) >= 11 is 0. The standard InChI is InChI=1S/C10H9F3N2O2/c11-10(12,13)17-9-3-1-2-8(6-9)14-4-5-15(16)7-14/h1-6,16H,7H2. The van der Waals surface area contributed by atoms with Crippen LogP contribution >= 0.6 is 0 Å². The number of rotatable bonds is 2. The van der Waals surface area contributed by atoms with E-state index in [1.165, 1.54) is 24.4 Å². The van der Waals surface area contributed by atoms with E-state index >= 15 is 0 Å². The normalized spacial score (nSPS) is 15.5. The second-order valence-electron chi connectivity index (χ2n) is 3.39. The number of benzene rings is 1. The average Bonchev–Trinajstić information content (AvgIpc) is 2.63. The molecule has 0 spiro atoms. The first kappa shape index (κ1) is 11.6. The van der Waals surface area contributed by atoms with Gasteiger partial charge in [0.25, 0.3) is 0 Å². The van der Waals surface area contributed by atoms with Crippen molar-refractivity contribution in [1.29, 1.82) is 0 Å². The molecule has 1 heterocycles. The molecule has 0 radical (unpaired) electrons. The first-order valence-electron chi connectivity index (χ1n) is 4.70. The fourth-order valence-corrected chi connectivity index (χ4v) is 1.43. The topological polar surface area (TPSA) is 35.9 Å². The molecule has 4 nitrogen and oxygen atoms in total. The van der Waals surface area contributed by atoms with Gasteiger partial charge in [0.1, 0.15) is 12.4 Å². The molecule has 0 atom stereocenters. The van der Waals surface area contributed by atoms with Crippen molar-refractivity contribution >= 4 is 5.69 Å². The maximum atomic E-state index is 12.0. The molecular formula is C10H9F3N2O2. The van der Waals surface area contributed by atoms with E-state index in [1.54, 1.807) is 17.2 Å². The average molecular weight is 246 g/mol. The van der Waals surface area contributed by atoms with E-state index in [-0.39, 0.29) is 12.4 Å². The van der Waals surface area contributed by atoms with Crippen LogP contribution in [0.1, 0.15) is 0 Å². The van der Waals surface area contributed by atoms with Gasteiger partial charge >= 0.3 is 6.36 Å². The lowest BCUT2D eigenvalue weighted by molar-refractivity contribution is -0.274. The van der Waals surface area contributed by atoms with Crippen LogP contribution in [0.15, 0.2) is 36.7 Å².